The third kappa shape index (κ3) is 6.13. The van der Waals surface area contributed by atoms with Gasteiger partial charge in [-0.25, -0.2) is 8.42 Å². The molecule has 3 aromatic rings. The number of aliphatic hydroxyl groups is 1. The van der Waals surface area contributed by atoms with E-state index in [1.54, 1.807) is 43.5 Å². The normalized spacial score (nSPS) is 18.4. The second-order valence-corrected chi connectivity index (χ2v) is 11.0. The Morgan fingerprint density at radius 2 is 1.69 bits per heavy atom. The van der Waals surface area contributed by atoms with Crippen LogP contribution >= 0.6 is 12.4 Å². The first-order valence-electron chi connectivity index (χ1n) is 11.6. The van der Waals surface area contributed by atoms with Crippen molar-refractivity contribution in [1.82, 2.24) is 5.32 Å². The van der Waals surface area contributed by atoms with Crippen molar-refractivity contribution in [2.75, 3.05) is 18.4 Å². The number of aryl methyl sites for hydroxylation is 1. The Morgan fingerprint density at radius 1 is 1.03 bits per heavy atom. The van der Waals surface area contributed by atoms with E-state index < -0.39 is 21.7 Å². The lowest BCUT2D eigenvalue weighted by molar-refractivity contribution is -0.0644. The average Bonchev–Trinajstić information content (AvgIpc) is 2.82. The van der Waals surface area contributed by atoms with Gasteiger partial charge in [-0.3, -0.25) is 4.72 Å². The second-order valence-electron chi connectivity index (χ2n) is 9.35. The van der Waals surface area contributed by atoms with Gasteiger partial charge in [0.15, 0.2) is 0 Å². The van der Waals surface area contributed by atoms with Crippen molar-refractivity contribution >= 4 is 28.1 Å². The van der Waals surface area contributed by atoms with Crippen molar-refractivity contribution in [3.8, 4) is 11.5 Å². The minimum atomic E-state index is -3.64. The summed E-state index contributed by atoms with van der Waals surface area (Å²) in [7, 11) is -2.03. The van der Waals surface area contributed by atoms with Crippen LogP contribution in [0.15, 0.2) is 71.6 Å². The van der Waals surface area contributed by atoms with Crippen molar-refractivity contribution < 1.29 is 23.0 Å². The highest BCUT2D eigenvalue weighted by Gasteiger charge is 2.42. The fraction of sp³-hybridized carbons (Fsp3) is 0.333. The molecule has 3 aromatic carbocycles. The molecule has 36 heavy (non-hydrogen) atoms. The van der Waals surface area contributed by atoms with E-state index in [0.717, 1.165) is 22.4 Å². The first kappa shape index (κ1) is 27.8. The van der Waals surface area contributed by atoms with Gasteiger partial charge in [-0.05, 0) is 81.8 Å². The zero-order chi connectivity index (χ0) is 25.2. The van der Waals surface area contributed by atoms with Crippen molar-refractivity contribution in [1.29, 1.82) is 0 Å². The molecule has 9 heteroatoms. The van der Waals surface area contributed by atoms with Crippen LogP contribution in [-0.2, 0) is 16.4 Å². The standard InChI is InChI=1S/C27H32N2O5S.ClH/c1-18-5-12-22(13-6-18)35(31,32)29-20-9-7-19(8-10-20)15-16-28-25-23-17-21(33-4)11-14-24(23)34-27(2,3)26(25)30;/h5-14,17,25-26,28-30H,15-16H2,1-4H3;1H. The van der Waals surface area contributed by atoms with Crippen LogP contribution in [0.25, 0.3) is 0 Å². The lowest BCUT2D eigenvalue weighted by Gasteiger charge is -2.42. The third-order valence-corrected chi connectivity index (χ3v) is 7.67. The summed E-state index contributed by atoms with van der Waals surface area (Å²) in [5.74, 6) is 1.43. The topological polar surface area (TPSA) is 96.9 Å². The van der Waals surface area contributed by atoms with Crippen molar-refractivity contribution in [2.45, 2.75) is 49.8 Å². The Balaban J connectivity index is 0.00000361. The zero-order valence-corrected chi connectivity index (χ0v) is 22.4. The molecule has 1 aliphatic heterocycles. The number of hydrogen-bond acceptors (Lipinski definition) is 6. The Hall–Kier alpha value is -2.78. The number of nitrogens with one attached hydrogen (secondary N) is 2. The molecule has 0 saturated heterocycles. The molecule has 0 radical (unpaired) electrons. The molecule has 0 amide bonds. The highest BCUT2D eigenvalue weighted by atomic mass is 35.5. The number of rotatable bonds is 8. The quantitative estimate of drug-likeness (QED) is 0.391. The van der Waals surface area contributed by atoms with Gasteiger partial charge in [0.25, 0.3) is 10.0 Å². The van der Waals surface area contributed by atoms with Crippen LogP contribution in [0.3, 0.4) is 0 Å². The number of hydrogen-bond donors (Lipinski definition) is 3. The van der Waals surface area contributed by atoms with Crippen LogP contribution in [-0.4, -0.2) is 38.9 Å². The Kier molecular flexibility index (Phi) is 8.56. The van der Waals surface area contributed by atoms with Gasteiger partial charge in [0.05, 0.1) is 18.0 Å². The van der Waals surface area contributed by atoms with Gasteiger partial charge in [0.1, 0.15) is 23.2 Å². The zero-order valence-electron chi connectivity index (χ0n) is 20.8. The number of anilines is 1. The fourth-order valence-corrected chi connectivity index (χ4v) is 5.23. The molecular weight excluding hydrogens is 500 g/mol. The maximum absolute atomic E-state index is 12.6. The number of benzene rings is 3. The first-order valence-corrected chi connectivity index (χ1v) is 13.0. The summed E-state index contributed by atoms with van der Waals surface area (Å²) in [5, 5.41) is 14.4. The van der Waals surface area contributed by atoms with E-state index in [2.05, 4.69) is 10.0 Å². The molecule has 2 atom stereocenters. The number of aliphatic hydroxyl groups excluding tert-OH is 1. The molecule has 1 heterocycles. The SMILES string of the molecule is COc1ccc2c(c1)C(NCCc1ccc(NS(=O)(=O)c3ccc(C)cc3)cc1)C(O)C(C)(C)O2.Cl. The number of methoxy groups -OCH3 is 1. The van der Waals surface area contributed by atoms with Gasteiger partial charge < -0.3 is 19.9 Å². The van der Waals surface area contributed by atoms with E-state index >= 15 is 0 Å². The molecule has 3 N–H and O–H groups in total. The van der Waals surface area contributed by atoms with Crippen LogP contribution in [0, 0.1) is 6.92 Å². The summed E-state index contributed by atoms with van der Waals surface area (Å²) in [6, 6.07) is 19.3. The third-order valence-electron chi connectivity index (χ3n) is 6.27. The van der Waals surface area contributed by atoms with Crippen LogP contribution in [0.2, 0.25) is 0 Å². The molecule has 0 aromatic heterocycles. The number of ether oxygens (including phenoxy) is 2. The molecule has 2 unspecified atom stereocenters. The van der Waals surface area contributed by atoms with Crippen molar-refractivity contribution in [3.63, 3.8) is 0 Å². The van der Waals surface area contributed by atoms with Gasteiger partial charge in [-0.15, -0.1) is 12.4 Å². The van der Waals surface area contributed by atoms with Gasteiger partial charge >= 0.3 is 0 Å². The summed E-state index contributed by atoms with van der Waals surface area (Å²) < 4.78 is 39.2. The number of halogens is 1. The summed E-state index contributed by atoms with van der Waals surface area (Å²) in [4.78, 5) is 0.228. The maximum atomic E-state index is 12.6. The number of fused-ring (bicyclic) bond motifs is 1. The molecule has 7 nitrogen and oxygen atoms in total. The minimum absolute atomic E-state index is 0. The summed E-state index contributed by atoms with van der Waals surface area (Å²) in [6.07, 6.45) is -0.0462. The van der Waals surface area contributed by atoms with E-state index in [4.69, 9.17) is 9.47 Å². The second kappa shape index (κ2) is 11.1. The van der Waals surface area contributed by atoms with E-state index in [1.807, 2.05) is 51.1 Å². The molecule has 0 spiro atoms. The molecule has 0 fully saturated rings. The van der Waals surface area contributed by atoms with Crippen LogP contribution in [0.1, 0.15) is 36.6 Å². The van der Waals surface area contributed by atoms with E-state index in [-0.39, 0.29) is 23.3 Å². The van der Waals surface area contributed by atoms with Crippen LogP contribution < -0.4 is 19.5 Å². The van der Waals surface area contributed by atoms with Gasteiger partial charge in [0.2, 0.25) is 0 Å². The average molecular weight is 533 g/mol. The van der Waals surface area contributed by atoms with E-state index in [1.165, 1.54) is 0 Å². The lowest BCUT2D eigenvalue weighted by Crippen LogP contribution is -2.52. The molecule has 1 aliphatic rings. The predicted octanol–water partition coefficient (Wildman–Crippen LogP) is 4.63. The van der Waals surface area contributed by atoms with Gasteiger partial charge in [-0.1, -0.05) is 29.8 Å². The monoisotopic (exact) mass is 532 g/mol. The van der Waals surface area contributed by atoms with E-state index in [9.17, 15) is 13.5 Å². The number of sulfonamides is 1. The summed E-state index contributed by atoms with van der Waals surface area (Å²) in [5.41, 5.74) is 2.67. The van der Waals surface area contributed by atoms with Gasteiger partial charge in [-0.2, -0.15) is 0 Å². The van der Waals surface area contributed by atoms with Crippen LogP contribution in [0.4, 0.5) is 5.69 Å². The highest BCUT2D eigenvalue weighted by Crippen LogP contribution is 2.41. The predicted molar refractivity (Wildman–Crippen MR) is 144 cm³/mol. The molecule has 0 saturated carbocycles. The Labute approximate surface area is 219 Å². The maximum Gasteiger partial charge on any atom is 0.261 e. The van der Waals surface area contributed by atoms with Crippen molar-refractivity contribution in [3.05, 3.63) is 83.4 Å². The lowest BCUT2D eigenvalue weighted by atomic mass is 9.86. The van der Waals surface area contributed by atoms with Crippen LogP contribution in [0.5, 0.6) is 11.5 Å². The molecule has 0 bridgehead atoms. The van der Waals surface area contributed by atoms with E-state index in [0.29, 0.717) is 24.4 Å². The molecular formula is C27H33ClN2O5S. The fourth-order valence-electron chi connectivity index (χ4n) is 4.17. The van der Waals surface area contributed by atoms with Gasteiger partial charge in [0, 0.05) is 11.3 Å². The Morgan fingerprint density at radius 3 is 2.33 bits per heavy atom. The highest BCUT2D eigenvalue weighted by molar-refractivity contribution is 7.92. The summed E-state index contributed by atoms with van der Waals surface area (Å²) in [6.45, 7) is 6.27. The largest absolute Gasteiger partial charge is 0.497 e. The molecule has 194 valence electrons. The van der Waals surface area contributed by atoms with Crippen molar-refractivity contribution in [2.24, 2.45) is 0 Å². The molecule has 0 aliphatic carbocycles. The Bertz CT molecular complexity index is 1280. The smallest absolute Gasteiger partial charge is 0.261 e. The molecule has 4 rings (SSSR count). The summed E-state index contributed by atoms with van der Waals surface area (Å²) >= 11 is 0. The minimum Gasteiger partial charge on any atom is -0.497 e. The first-order chi connectivity index (χ1) is 16.6.